The van der Waals surface area contributed by atoms with Crippen molar-refractivity contribution in [2.24, 2.45) is 0 Å². The summed E-state index contributed by atoms with van der Waals surface area (Å²) in [6.07, 6.45) is 0. The van der Waals surface area contributed by atoms with Gasteiger partial charge in [-0.1, -0.05) is 0 Å². The van der Waals surface area contributed by atoms with Gasteiger partial charge in [-0.25, -0.2) is 18.1 Å². The normalized spacial score (nSPS) is 11.5. The summed E-state index contributed by atoms with van der Waals surface area (Å²) in [7, 11) is -2.18. The van der Waals surface area contributed by atoms with Crippen molar-refractivity contribution in [1.29, 1.82) is 0 Å². The Bertz CT molecular complexity index is 710. The molecule has 108 valence electrons. The SMILES string of the molecule is COc1ccc(S(=O)(=O)NCc2csc(C)n2)c(N)c1. The van der Waals surface area contributed by atoms with E-state index in [9.17, 15) is 8.42 Å². The van der Waals surface area contributed by atoms with Crippen molar-refractivity contribution >= 4 is 27.0 Å². The number of nitrogen functional groups attached to an aromatic ring is 1. The molecule has 0 saturated heterocycles. The van der Waals surface area contributed by atoms with Crippen molar-refractivity contribution in [3.8, 4) is 5.75 Å². The van der Waals surface area contributed by atoms with E-state index in [4.69, 9.17) is 10.5 Å². The number of rotatable bonds is 5. The Morgan fingerprint density at radius 2 is 2.20 bits per heavy atom. The van der Waals surface area contributed by atoms with Crippen LogP contribution >= 0.6 is 11.3 Å². The van der Waals surface area contributed by atoms with Gasteiger partial charge in [0.2, 0.25) is 10.0 Å². The van der Waals surface area contributed by atoms with E-state index in [2.05, 4.69) is 9.71 Å². The van der Waals surface area contributed by atoms with E-state index in [1.54, 1.807) is 6.07 Å². The molecule has 0 amide bonds. The van der Waals surface area contributed by atoms with Crippen LogP contribution < -0.4 is 15.2 Å². The Morgan fingerprint density at radius 1 is 1.45 bits per heavy atom. The maximum atomic E-state index is 12.2. The van der Waals surface area contributed by atoms with E-state index < -0.39 is 10.0 Å². The fourth-order valence-electron chi connectivity index (χ4n) is 1.63. The Labute approximate surface area is 121 Å². The van der Waals surface area contributed by atoms with Crippen LogP contribution in [0.4, 0.5) is 5.69 Å². The third kappa shape index (κ3) is 3.27. The molecule has 6 nitrogen and oxygen atoms in total. The highest BCUT2D eigenvalue weighted by atomic mass is 32.2. The van der Waals surface area contributed by atoms with Crippen LogP contribution in [0, 0.1) is 6.92 Å². The number of nitrogens with two attached hydrogens (primary N) is 1. The van der Waals surface area contributed by atoms with Gasteiger partial charge in [0.25, 0.3) is 0 Å². The number of sulfonamides is 1. The average molecular weight is 313 g/mol. The molecule has 0 bridgehead atoms. The van der Waals surface area contributed by atoms with Crippen molar-refractivity contribution in [1.82, 2.24) is 9.71 Å². The Hall–Kier alpha value is -1.64. The topological polar surface area (TPSA) is 94.3 Å². The number of thiazole rings is 1. The van der Waals surface area contributed by atoms with E-state index in [-0.39, 0.29) is 17.1 Å². The highest BCUT2D eigenvalue weighted by molar-refractivity contribution is 7.89. The summed E-state index contributed by atoms with van der Waals surface area (Å²) < 4.78 is 31.8. The summed E-state index contributed by atoms with van der Waals surface area (Å²) in [6, 6.07) is 4.45. The van der Waals surface area contributed by atoms with E-state index in [1.807, 2.05) is 12.3 Å². The van der Waals surface area contributed by atoms with Crippen molar-refractivity contribution < 1.29 is 13.2 Å². The summed E-state index contributed by atoms with van der Waals surface area (Å²) in [5.74, 6) is 0.511. The number of benzene rings is 1. The molecule has 0 unspecified atom stereocenters. The number of nitrogens with one attached hydrogen (secondary N) is 1. The molecular weight excluding hydrogens is 298 g/mol. The second-order valence-electron chi connectivity index (χ2n) is 4.09. The van der Waals surface area contributed by atoms with Gasteiger partial charge in [0.15, 0.2) is 0 Å². The van der Waals surface area contributed by atoms with E-state index in [0.29, 0.717) is 11.4 Å². The van der Waals surface area contributed by atoms with Gasteiger partial charge in [0, 0.05) is 11.4 Å². The predicted molar refractivity (Wildman–Crippen MR) is 78.3 cm³/mol. The minimum absolute atomic E-state index is 0.0326. The van der Waals surface area contributed by atoms with Gasteiger partial charge in [-0.15, -0.1) is 11.3 Å². The molecule has 8 heteroatoms. The number of aromatic nitrogens is 1. The first kappa shape index (κ1) is 14.8. The fraction of sp³-hybridized carbons (Fsp3) is 0.250. The molecule has 0 spiro atoms. The van der Waals surface area contributed by atoms with E-state index in [0.717, 1.165) is 5.01 Å². The Kier molecular flexibility index (Phi) is 4.26. The fourth-order valence-corrected chi connectivity index (χ4v) is 3.36. The van der Waals surface area contributed by atoms with Crippen molar-refractivity contribution in [2.45, 2.75) is 18.4 Å². The molecule has 20 heavy (non-hydrogen) atoms. The number of methoxy groups -OCH3 is 1. The molecule has 1 aromatic heterocycles. The maximum absolute atomic E-state index is 12.2. The van der Waals surface area contributed by atoms with Crippen molar-refractivity contribution in [3.63, 3.8) is 0 Å². The Balaban J connectivity index is 2.18. The number of ether oxygens (including phenoxy) is 1. The molecule has 1 aromatic carbocycles. The summed E-state index contributed by atoms with van der Waals surface area (Å²) >= 11 is 1.47. The first-order valence-corrected chi connectivity index (χ1v) is 8.13. The third-order valence-corrected chi connectivity index (χ3v) is 4.91. The lowest BCUT2D eigenvalue weighted by atomic mass is 10.3. The van der Waals surface area contributed by atoms with Gasteiger partial charge in [-0.3, -0.25) is 0 Å². The second-order valence-corrected chi connectivity index (χ2v) is 6.88. The minimum atomic E-state index is -3.67. The largest absolute Gasteiger partial charge is 0.497 e. The first-order valence-electron chi connectivity index (χ1n) is 5.76. The van der Waals surface area contributed by atoms with Crippen LogP contribution in [-0.4, -0.2) is 20.5 Å². The van der Waals surface area contributed by atoms with Crippen molar-refractivity contribution in [2.75, 3.05) is 12.8 Å². The molecule has 2 rings (SSSR count). The highest BCUT2D eigenvalue weighted by Gasteiger charge is 2.18. The number of aryl methyl sites for hydroxylation is 1. The third-order valence-electron chi connectivity index (χ3n) is 2.62. The van der Waals surface area contributed by atoms with Crippen LogP contribution in [0.5, 0.6) is 5.75 Å². The van der Waals surface area contributed by atoms with Crippen LogP contribution in [0.1, 0.15) is 10.7 Å². The maximum Gasteiger partial charge on any atom is 0.242 e. The molecule has 1 heterocycles. The summed E-state index contributed by atoms with van der Waals surface area (Å²) in [4.78, 5) is 4.23. The molecule has 3 N–H and O–H groups in total. The quantitative estimate of drug-likeness (QED) is 0.816. The zero-order valence-corrected chi connectivity index (χ0v) is 12.7. The molecule has 0 atom stereocenters. The highest BCUT2D eigenvalue weighted by Crippen LogP contribution is 2.23. The zero-order chi connectivity index (χ0) is 14.8. The first-order chi connectivity index (χ1) is 9.42. The van der Waals surface area contributed by atoms with Gasteiger partial charge in [0.05, 0.1) is 30.0 Å². The molecule has 0 aliphatic carbocycles. The minimum Gasteiger partial charge on any atom is -0.497 e. The summed E-state index contributed by atoms with van der Waals surface area (Å²) in [5, 5.41) is 2.71. The van der Waals surface area contributed by atoms with Gasteiger partial charge in [-0.2, -0.15) is 0 Å². The van der Waals surface area contributed by atoms with Crippen LogP contribution in [0.15, 0.2) is 28.5 Å². The monoisotopic (exact) mass is 313 g/mol. The lowest BCUT2D eigenvalue weighted by Crippen LogP contribution is -2.24. The molecule has 0 aliphatic heterocycles. The lowest BCUT2D eigenvalue weighted by Gasteiger charge is -2.09. The standard InChI is InChI=1S/C12H15N3O3S2/c1-8-15-9(7-19-8)6-14-20(16,17)12-4-3-10(18-2)5-11(12)13/h3-5,7,14H,6,13H2,1-2H3. The number of anilines is 1. The zero-order valence-electron chi connectivity index (χ0n) is 11.1. The predicted octanol–water partition coefficient (Wildman–Crippen LogP) is 1.52. The molecule has 2 aromatic rings. The van der Waals surface area contributed by atoms with Gasteiger partial charge in [-0.05, 0) is 19.1 Å². The molecule has 0 radical (unpaired) electrons. The van der Waals surface area contributed by atoms with Gasteiger partial charge in [0.1, 0.15) is 10.6 Å². The lowest BCUT2D eigenvalue weighted by molar-refractivity contribution is 0.414. The van der Waals surface area contributed by atoms with E-state index >= 15 is 0 Å². The van der Waals surface area contributed by atoms with Crippen LogP contribution in [0.25, 0.3) is 0 Å². The molecule has 0 fully saturated rings. The smallest absolute Gasteiger partial charge is 0.242 e. The number of hydrogen-bond donors (Lipinski definition) is 2. The average Bonchev–Trinajstić information content (AvgIpc) is 2.82. The second kappa shape index (κ2) is 5.78. The summed E-state index contributed by atoms with van der Waals surface area (Å²) in [5.41, 5.74) is 6.57. The van der Waals surface area contributed by atoms with Gasteiger partial charge >= 0.3 is 0 Å². The summed E-state index contributed by atoms with van der Waals surface area (Å²) in [6.45, 7) is 2.00. The van der Waals surface area contributed by atoms with Gasteiger partial charge < -0.3 is 10.5 Å². The van der Waals surface area contributed by atoms with Crippen LogP contribution in [0.2, 0.25) is 0 Å². The number of hydrogen-bond acceptors (Lipinski definition) is 6. The van der Waals surface area contributed by atoms with Crippen molar-refractivity contribution in [3.05, 3.63) is 34.3 Å². The van der Waals surface area contributed by atoms with Crippen LogP contribution in [0.3, 0.4) is 0 Å². The molecule has 0 saturated carbocycles. The molecule has 0 aliphatic rings. The van der Waals surface area contributed by atoms with Crippen LogP contribution in [-0.2, 0) is 16.6 Å². The Morgan fingerprint density at radius 3 is 2.75 bits per heavy atom. The molecular formula is C12H15N3O3S2. The number of nitrogens with zero attached hydrogens (tertiary/aromatic N) is 1. The van der Waals surface area contributed by atoms with E-state index in [1.165, 1.54) is 30.6 Å².